The minimum absolute atomic E-state index is 0.0918. The van der Waals surface area contributed by atoms with Gasteiger partial charge in [0, 0.05) is 12.5 Å². The van der Waals surface area contributed by atoms with Gasteiger partial charge in [-0.25, -0.2) is 8.42 Å². The number of hydrogen-bond donors (Lipinski definition) is 1. The van der Waals surface area contributed by atoms with Crippen molar-refractivity contribution >= 4 is 27.8 Å². The van der Waals surface area contributed by atoms with Crippen molar-refractivity contribution in [3.63, 3.8) is 0 Å². The van der Waals surface area contributed by atoms with Crippen molar-refractivity contribution in [2.45, 2.75) is 12.3 Å². The Balaban J connectivity index is 1.91. The first kappa shape index (κ1) is 16.3. The maximum atomic E-state index is 12.7. The van der Waals surface area contributed by atoms with Crippen LogP contribution in [-0.2, 0) is 14.8 Å². The molecule has 0 saturated heterocycles. The minimum Gasteiger partial charge on any atom is -0.481 e. The number of hydrogen-bond acceptors (Lipinski definition) is 3. The molecule has 1 aliphatic heterocycles. The van der Waals surface area contributed by atoms with Crippen molar-refractivity contribution in [1.82, 2.24) is 0 Å². The molecule has 6 heteroatoms. The quantitative estimate of drug-likeness (QED) is 0.905. The number of benzene rings is 2. The van der Waals surface area contributed by atoms with Crippen molar-refractivity contribution in [3.8, 4) is 0 Å². The van der Waals surface area contributed by atoms with E-state index in [-0.39, 0.29) is 18.9 Å². The highest BCUT2D eigenvalue weighted by Gasteiger charge is 2.35. The fraction of sp³-hybridized carbons (Fsp3) is 0.167. The van der Waals surface area contributed by atoms with Gasteiger partial charge in [0.25, 0.3) is 10.0 Å². The monoisotopic (exact) mass is 343 g/mol. The molecule has 3 rings (SSSR count). The highest BCUT2D eigenvalue weighted by molar-refractivity contribution is 7.95. The zero-order chi connectivity index (χ0) is 17.2. The first-order valence-corrected chi connectivity index (χ1v) is 9.04. The molecule has 0 saturated carbocycles. The average Bonchev–Trinajstić information content (AvgIpc) is 2.93. The van der Waals surface area contributed by atoms with E-state index in [9.17, 15) is 13.2 Å². The van der Waals surface area contributed by atoms with Crippen LogP contribution in [0.3, 0.4) is 0 Å². The van der Waals surface area contributed by atoms with E-state index >= 15 is 0 Å². The first-order valence-electron chi connectivity index (χ1n) is 7.54. The summed E-state index contributed by atoms with van der Waals surface area (Å²) in [6.45, 7) is 0.146. The van der Waals surface area contributed by atoms with Gasteiger partial charge in [0.05, 0.1) is 17.5 Å². The lowest BCUT2D eigenvalue weighted by Gasteiger charge is -2.17. The van der Waals surface area contributed by atoms with Crippen LogP contribution in [0.15, 0.2) is 60.0 Å². The van der Waals surface area contributed by atoms with E-state index in [0.29, 0.717) is 5.69 Å². The summed E-state index contributed by atoms with van der Waals surface area (Å²) in [4.78, 5) is 11.1. The number of fused-ring (bicyclic) bond motifs is 1. The molecule has 2 aromatic carbocycles. The second-order valence-electron chi connectivity index (χ2n) is 5.64. The third-order valence-electron chi connectivity index (χ3n) is 3.99. The van der Waals surface area contributed by atoms with Gasteiger partial charge in [0.1, 0.15) is 0 Å². The Bertz CT molecular complexity index is 875. The molecule has 124 valence electrons. The van der Waals surface area contributed by atoms with Gasteiger partial charge in [-0.2, -0.15) is 0 Å². The van der Waals surface area contributed by atoms with Crippen LogP contribution in [0.1, 0.15) is 23.5 Å². The van der Waals surface area contributed by atoms with E-state index in [2.05, 4.69) is 0 Å². The highest BCUT2D eigenvalue weighted by Crippen LogP contribution is 2.39. The predicted octanol–water partition coefficient (Wildman–Crippen LogP) is 3.07. The number of nitrogens with zero attached hydrogens (tertiary/aromatic N) is 1. The van der Waals surface area contributed by atoms with E-state index in [1.54, 1.807) is 30.3 Å². The van der Waals surface area contributed by atoms with E-state index in [0.717, 1.165) is 11.1 Å². The van der Waals surface area contributed by atoms with Gasteiger partial charge in [0.2, 0.25) is 0 Å². The molecule has 0 aliphatic carbocycles. The van der Waals surface area contributed by atoms with E-state index in [1.165, 1.54) is 9.71 Å². The smallest absolute Gasteiger partial charge is 0.304 e. The van der Waals surface area contributed by atoms with Crippen LogP contribution in [0.4, 0.5) is 5.69 Å². The molecule has 0 radical (unpaired) electrons. The lowest BCUT2D eigenvalue weighted by molar-refractivity contribution is -0.137. The zero-order valence-corrected chi connectivity index (χ0v) is 13.7. The topological polar surface area (TPSA) is 74.7 Å². The Morgan fingerprint density at radius 1 is 1.12 bits per heavy atom. The van der Waals surface area contributed by atoms with Crippen LogP contribution in [-0.4, -0.2) is 26.0 Å². The van der Waals surface area contributed by atoms with Gasteiger partial charge in [0.15, 0.2) is 0 Å². The molecule has 0 amide bonds. The van der Waals surface area contributed by atoms with Gasteiger partial charge in [-0.3, -0.25) is 9.10 Å². The summed E-state index contributed by atoms with van der Waals surface area (Å²) in [5.74, 6) is -1.27. The fourth-order valence-corrected chi connectivity index (χ4v) is 4.19. The van der Waals surface area contributed by atoms with Crippen LogP contribution >= 0.6 is 0 Å². The van der Waals surface area contributed by atoms with E-state index in [1.807, 2.05) is 30.3 Å². The highest BCUT2D eigenvalue weighted by atomic mass is 32.2. The van der Waals surface area contributed by atoms with Crippen molar-refractivity contribution < 1.29 is 18.3 Å². The predicted molar refractivity (Wildman–Crippen MR) is 93.2 cm³/mol. The minimum atomic E-state index is -3.68. The first-order chi connectivity index (χ1) is 11.5. The number of carboxylic acid groups (broad SMARTS) is 1. The number of aliphatic carboxylic acids is 1. The summed E-state index contributed by atoms with van der Waals surface area (Å²) in [6, 6.07) is 16.2. The molecule has 2 aromatic rings. The Hall–Kier alpha value is -2.60. The van der Waals surface area contributed by atoms with E-state index in [4.69, 9.17) is 5.11 Å². The van der Waals surface area contributed by atoms with Crippen LogP contribution < -0.4 is 4.31 Å². The third-order valence-corrected chi connectivity index (χ3v) is 5.43. The second-order valence-corrected chi connectivity index (χ2v) is 7.39. The normalized spacial score (nSPS) is 17.2. The van der Waals surface area contributed by atoms with Gasteiger partial charge in [-0.05, 0) is 23.3 Å². The molecule has 1 N–H and O–H groups in total. The second kappa shape index (κ2) is 6.49. The SMILES string of the molecule is O=C(O)C[C@H]1CN(S(=O)(=O)/C=C/c2ccccc2)c2ccccc21. The van der Waals surface area contributed by atoms with Crippen molar-refractivity contribution in [2.75, 3.05) is 10.8 Å². The molecule has 0 fully saturated rings. The number of anilines is 1. The number of carboxylic acids is 1. The maximum Gasteiger partial charge on any atom is 0.304 e. The van der Waals surface area contributed by atoms with Gasteiger partial charge in [-0.15, -0.1) is 0 Å². The van der Waals surface area contributed by atoms with E-state index < -0.39 is 16.0 Å². The van der Waals surface area contributed by atoms with Gasteiger partial charge < -0.3 is 5.11 Å². The molecule has 24 heavy (non-hydrogen) atoms. The Morgan fingerprint density at radius 3 is 2.50 bits per heavy atom. The molecule has 1 atom stereocenters. The van der Waals surface area contributed by atoms with Crippen molar-refractivity contribution in [3.05, 3.63) is 71.1 Å². The summed E-state index contributed by atoms with van der Waals surface area (Å²) >= 11 is 0. The third kappa shape index (κ3) is 3.33. The summed E-state index contributed by atoms with van der Waals surface area (Å²) in [7, 11) is -3.68. The summed E-state index contributed by atoms with van der Waals surface area (Å²) < 4.78 is 26.7. The number of rotatable bonds is 5. The Kier molecular flexibility index (Phi) is 4.40. The van der Waals surface area contributed by atoms with Crippen LogP contribution in [0.25, 0.3) is 6.08 Å². The summed E-state index contributed by atoms with van der Waals surface area (Å²) in [5.41, 5.74) is 2.11. The fourth-order valence-electron chi connectivity index (χ4n) is 2.89. The van der Waals surface area contributed by atoms with Crippen molar-refractivity contribution in [2.24, 2.45) is 0 Å². The molecule has 0 spiro atoms. The number of para-hydroxylation sites is 1. The molecular formula is C18H17NO4S. The number of sulfonamides is 1. The molecule has 0 aromatic heterocycles. The molecule has 1 aliphatic rings. The Morgan fingerprint density at radius 2 is 1.79 bits per heavy atom. The van der Waals surface area contributed by atoms with Crippen molar-refractivity contribution in [1.29, 1.82) is 0 Å². The molecule has 0 unspecified atom stereocenters. The summed E-state index contributed by atoms with van der Waals surface area (Å²) in [5, 5.41) is 10.2. The van der Waals surface area contributed by atoms with Crippen LogP contribution in [0.2, 0.25) is 0 Å². The standard InChI is InChI=1S/C18H17NO4S/c20-18(21)12-15-13-19(17-9-5-4-8-16(15)17)24(22,23)11-10-14-6-2-1-3-7-14/h1-11,15H,12-13H2,(H,20,21)/b11-10+/t15-/m0/s1. The number of carbonyl (C=O) groups is 1. The maximum absolute atomic E-state index is 12.7. The summed E-state index contributed by atoms with van der Waals surface area (Å²) in [6.07, 6.45) is 1.45. The van der Waals surface area contributed by atoms with Crippen LogP contribution in [0.5, 0.6) is 0 Å². The van der Waals surface area contributed by atoms with Crippen LogP contribution in [0, 0.1) is 0 Å². The largest absolute Gasteiger partial charge is 0.481 e. The lowest BCUT2D eigenvalue weighted by atomic mass is 9.98. The molecule has 1 heterocycles. The Labute approximate surface area is 140 Å². The van der Waals surface area contributed by atoms with Gasteiger partial charge >= 0.3 is 5.97 Å². The average molecular weight is 343 g/mol. The van der Waals surface area contributed by atoms with Gasteiger partial charge in [-0.1, -0.05) is 48.5 Å². The molecule has 0 bridgehead atoms. The molecular weight excluding hydrogens is 326 g/mol. The zero-order valence-electron chi connectivity index (χ0n) is 12.9. The molecule has 5 nitrogen and oxygen atoms in total. The lowest BCUT2D eigenvalue weighted by Crippen LogP contribution is -2.28.